The molecule has 0 amide bonds. The van der Waals surface area contributed by atoms with Crippen molar-refractivity contribution >= 4 is 0 Å². The quantitative estimate of drug-likeness (QED) is 0.823. The van der Waals surface area contributed by atoms with Crippen LogP contribution in [-0.4, -0.2) is 16.3 Å². The van der Waals surface area contributed by atoms with Gasteiger partial charge in [-0.2, -0.15) is 5.10 Å². The summed E-state index contributed by atoms with van der Waals surface area (Å²) in [4.78, 5) is 11.6. The number of benzene rings is 1. The summed E-state index contributed by atoms with van der Waals surface area (Å²) in [5, 5.41) is 4.05. The maximum atomic E-state index is 11.6. The molecule has 0 aliphatic carbocycles. The van der Waals surface area contributed by atoms with Crippen molar-refractivity contribution in [2.75, 3.05) is 6.54 Å². The molecule has 0 bridgehead atoms. The van der Waals surface area contributed by atoms with Gasteiger partial charge in [-0.25, -0.2) is 4.68 Å². The van der Waals surface area contributed by atoms with E-state index in [4.69, 9.17) is 5.73 Å². The smallest absolute Gasteiger partial charge is 0.267 e. The third kappa shape index (κ3) is 2.01. The van der Waals surface area contributed by atoms with Gasteiger partial charge in [0.05, 0.1) is 6.04 Å². The number of nitrogens with two attached hydrogens (primary N) is 1. The SMILES string of the molecule is NCC(c1ccccc1)n1ncccc1=O. The lowest BCUT2D eigenvalue weighted by atomic mass is 10.1. The Bertz CT molecular complexity index is 507. The molecule has 2 rings (SSSR count). The van der Waals surface area contributed by atoms with Crippen molar-refractivity contribution in [1.82, 2.24) is 9.78 Å². The minimum Gasteiger partial charge on any atom is -0.328 e. The number of rotatable bonds is 3. The van der Waals surface area contributed by atoms with Gasteiger partial charge in [0.1, 0.15) is 0 Å². The molecule has 0 saturated heterocycles. The maximum Gasteiger partial charge on any atom is 0.267 e. The van der Waals surface area contributed by atoms with E-state index in [-0.39, 0.29) is 11.6 Å². The van der Waals surface area contributed by atoms with Crippen molar-refractivity contribution < 1.29 is 0 Å². The molecule has 0 aliphatic rings. The van der Waals surface area contributed by atoms with Crippen LogP contribution in [0.25, 0.3) is 0 Å². The second-order valence-electron chi connectivity index (χ2n) is 3.47. The minimum atomic E-state index is -0.199. The molecular formula is C12H13N3O. The van der Waals surface area contributed by atoms with Crippen LogP contribution in [-0.2, 0) is 0 Å². The van der Waals surface area contributed by atoms with Crippen molar-refractivity contribution in [2.45, 2.75) is 6.04 Å². The third-order valence-corrected chi connectivity index (χ3v) is 2.44. The van der Waals surface area contributed by atoms with Crippen LogP contribution in [0.3, 0.4) is 0 Å². The molecule has 16 heavy (non-hydrogen) atoms. The summed E-state index contributed by atoms with van der Waals surface area (Å²) in [6, 6.07) is 12.6. The summed E-state index contributed by atoms with van der Waals surface area (Å²) >= 11 is 0. The highest BCUT2D eigenvalue weighted by Gasteiger charge is 2.12. The van der Waals surface area contributed by atoms with Crippen LogP contribution in [0.4, 0.5) is 0 Å². The van der Waals surface area contributed by atoms with Crippen LogP contribution in [0.2, 0.25) is 0 Å². The van der Waals surface area contributed by atoms with E-state index in [9.17, 15) is 4.79 Å². The van der Waals surface area contributed by atoms with Crippen molar-refractivity contribution in [3.8, 4) is 0 Å². The Morgan fingerprint density at radius 3 is 2.56 bits per heavy atom. The summed E-state index contributed by atoms with van der Waals surface area (Å²) in [6.45, 7) is 0.348. The van der Waals surface area contributed by atoms with Gasteiger partial charge in [0.25, 0.3) is 5.56 Å². The number of nitrogens with zero attached hydrogens (tertiary/aromatic N) is 2. The fraction of sp³-hybridized carbons (Fsp3) is 0.167. The molecule has 1 unspecified atom stereocenters. The van der Waals surface area contributed by atoms with E-state index in [0.29, 0.717) is 6.54 Å². The van der Waals surface area contributed by atoms with Crippen LogP contribution in [0, 0.1) is 0 Å². The van der Waals surface area contributed by atoms with E-state index in [2.05, 4.69) is 5.10 Å². The predicted octanol–water partition coefficient (Wildman–Crippen LogP) is 0.791. The van der Waals surface area contributed by atoms with Gasteiger partial charge < -0.3 is 5.73 Å². The van der Waals surface area contributed by atoms with Gasteiger partial charge in [0.2, 0.25) is 0 Å². The van der Waals surface area contributed by atoms with Crippen molar-refractivity contribution in [2.24, 2.45) is 5.73 Å². The highest BCUT2D eigenvalue weighted by atomic mass is 16.1. The van der Waals surface area contributed by atoms with Gasteiger partial charge in [-0.05, 0) is 11.6 Å². The minimum absolute atomic E-state index is 0.137. The monoisotopic (exact) mass is 215 g/mol. The van der Waals surface area contributed by atoms with E-state index in [0.717, 1.165) is 5.56 Å². The molecule has 0 radical (unpaired) electrons. The second kappa shape index (κ2) is 4.72. The lowest BCUT2D eigenvalue weighted by Crippen LogP contribution is -2.31. The summed E-state index contributed by atoms with van der Waals surface area (Å²) in [7, 11) is 0. The molecule has 0 spiro atoms. The lowest BCUT2D eigenvalue weighted by molar-refractivity contribution is 0.503. The first-order valence-corrected chi connectivity index (χ1v) is 5.12. The Hall–Kier alpha value is -1.94. The molecule has 2 N–H and O–H groups in total. The third-order valence-electron chi connectivity index (χ3n) is 2.44. The van der Waals surface area contributed by atoms with E-state index in [1.165, 1.54) is 10.7 Å². The van der Waals surface area contributed by atoms with Gasteiger partial charge >= 0.3 is 0 Å². The van der Waals surface area contributed by atoms with E-state index in [1.54, 1.807) is 12.3 Å². The van der Waals surface area contributed by atoms with Crippen LogP contribution >= 0.6 is 0 Å². The highest BCUT2D eigenvalue weighted by Crippen LogP contribution is 2.13. The van der Waals surface area contributed by atoms with Crippen molar-refractivity contribution in [3.63, 3.8) is 0 Å². The first kappa shape index (κ1) is 10.6. The zero-order valence-electron chi connectivity index (χ0n) is 8.78. The average molecular weight is 215 g/mol. The zero-order chi connectivity index (χ0) is 11.4. The molecule has 0 fully saturated rings. The predicted molar refractivity (Wildman–Crippen MR) is 62.1 cm³/mol. The van der Waals surface area contributed by atoms with E-state index >= 15 is 0 Å². The molecule has 1 aromatic carbocycles. The average Bonchev–Trinajstić information content (AvgIpc) is 2.34. The molecule has 0 aliphatic heterocycles. The molecule has 1 heterocycles. The molecule has 1 aromatic heterocycles. The fourth-order valence-electron chi connectivity index (χ4n) is 1.66. The van der Waals surface area contributed by atoms with Gasteiger partial charge in [-0.15, -0.1) is 0 Å². The molecule has 82 valence electrons. The summed E-state index contributed by atoms with van der Waals surface area (Å²) < 4.78 is 1.41. The number of aromatic nitrogens is 2. The molecule has 2 aromatic rings. The molecule has 4 nitrogen and oxygen atoms in total. The van der Waals surface area contributed by atoms with Crippen molar-refractivity contribution in [3.05, 3.63) is 64.6 Å². The Kier molecular flexibility index (Phi) is 3.12. The lowest BCUT2D eigenvalue weighted by Gasteiger charge is -2.16. The van der Waals surface area contributed by atoms with Crippen LogP contribution in [0.15, 0.2) is 53.5 Å². The first-order valence-electron chi connectivity index (χ1n) is 5.12. The molecular weight excluding hydrogens is 202 g/mol. The van der Waals surface area contributed by atoms with Crippen LogP contribution in [0.1, 0.15) is 11.6 Å². The second-order valence-corrected chi connectivity index (χ2v) is 3.47. The summed E-state index contributed by atoms with van der Waals surface area (Å²) in [5.41, 5.74) is 6.56. The van der Waals surface area contributed by atoms with E-state index in [1.807, 2.05) is 30.3 Å². The van der Waals surface area contributed by atoms with Crippen molar-refractivity contribution in [1.29, 1.82) is 0 Å². The fourth-order valence-corrected chi connectivity index (χ4v) is 1.66. The summed E-state index contributed by atoms with van der Waals surface area (Å²) in [5.74, 6) is 0. The van der Waals surface area contributed by atoms with Gasteiger partial charge in [-0.3, -0.25) is 4.79 Å². The van der Waals surface area contributed by atoms with E-state index < -0.39 is 0 Å². The Morgan fingerprint density at radius 2 is 1.94 bits per heavy atom. The van der Waals surface area contributed by atoms with Crippen LogP contribution in [0.5, 0.6) is 0 Å². The zero-order valence-corrected chi connectivity index (χ0v) is 8.78. The maximum absolute atomic E-state index is 11.6. The Labute approximate surface area is 93.3 Å². The standard InChI is InChI=1S/C12H13N3O/c13-9-11(10-5-2-1-3-6-10)15-12(16)7-4-8-14-15/h1-8,11H,9,13H2. The van der Waals surface area contributed by atoms with Crippen LogP contribution < -0.4 is 11.3 Å². The molecule has 4 heteroatoms. The topological polar surface area (TPSA) is 60.9 Å². The summed E-state index contributed by atoms with van der Waals surface area (Å²) in [6.07, 6.45) is 1.59. The Balaban J connectivity index is 2.45. The highest BCUT2D eigenvalue weighted by molar-refractivity contribution is 5.19. The van der Waals surface area contributed by atoms with Gasteiger partial charge in [-0.1, -0.05) is 30.3 Å². The number of hydrogen-bond donors (Lipinski definition) is 1. The Morgan fingerprint density at radius 1 is 1.19 bits per heavy atom. The van der Waals surface area contributed by atoms with Gasteiger partial charge in [0, 0.05) is 18.8 Å². The van der Waals surface area contributed by atoms with Gasteiger partial charge in [0.15, 0.2) is 0 Å². The molecule has 1 atom stereocenters. The first-order chi connectivity index (χ1) is 7.83. The largest absolute Gasteiger partial charge is 0.328 e. The number of hydrogen-bond acceptors (Lipinski definition) is 3. The normalized spacial score (nSPS) is 12.3. The molecule has 0 saturated carbocycles.